The number of carbonyl (C=O) groups excluding carboxylic acids is 1. The minimum absolute atomic E-state index is 0. The summed E-state index contributed by atoms with van der Waals surface area (Å²) in [4.78, 5) is 23.0. The fourth-order valence-electron chi connectivity index (χ4n) is 5.30. The van der Waals surface area contributed by atoms with Crippen LogP contribution in [-0.2, 0) is 16.4 Å². The number of aromatic nitrogens is 2. The van der Waals surface area contributed by atoms with E-state index in [1.54, 1.807) is 0 Å². The number of sulfone groups is 1. The Bertz CT molecular complexity index is 1560. The predicted molar refractivity (Wildman–Crippen MR) is 168 cm³/mol. The Labute approximate surface area is 248 Å². The van der Waals surface area contributed by atoms with Crippen molar-refractivity contribution in [2.24, 2.45) is 0 Å². The number of aromatic amines is 1. The Morgan fingerprint density at radius 3 is 2.17 bits per heavy atom. The highest BCUT2D eigenvalue weighted by atomic mass is 32.2. The smallest absolute Gasteiger partial charge is 0.255 e. The quantitative estimate of drug-likeness (QED) is 0.287. The molecule has 214 valence electrons. The lowest BCUT2D eigenvalue weighted by Crippen LogP contribution is -2.39. The first kappa shape index (κ1) is 29.1. The third kappa shape index (κ3) is 7.08. The molecule has 4 aromatic rings. The van der Waals surface area contributed by atoms with Crippen LogP contribution in [0.3, 0.4) is 0 Å². The summed E-state index contributed by atoms with van der Waals surface area (Å²) in [7, 11) is -2.88. The zero-order valence-electron chi connectivity index (χ0n) is 22.8. The van der Waals surface area contributed by atoms with E-state index in [1.165, 1.54) is 6.42 Å². The number of carbonyl (C=O) groups is 1. The van der Waals surface area contributed by atoms with Crippen molar-refractivity contribution in [1.29, 1.82) is 0 Å². The third-order valence-electron chi connectivity index (χ3n) is 7.72. The Balaban J connectivity index is 0.00000337. The van der Waals surface area contributed by atoms with Gasteiger partial charge in [-0.25, -0.2) is 13.4 Å². The first-order chi connectivity index (χ1) is 19.4. The molecule has 0 saturated carbocycles. The first-order valence-corrected chi connectivity index (χ1v) is 15.6. The highest BCUT2D eigenvalue weighted by Crippen LogP contribution is 2.27. The van der Waals surface area contributed by atoms with Crippen molar-refractivity contribution in [3.05, 3.63) is 95.9 Å². The Hall–Kier alpha value is -3.44. The summed E-state index contributed by atoms with van der Waals surface area (Å²) in [5.74, 6) is 1.27. The van der Waals surface area contributed by atoms with Crippen LogP contribution in [0.1, 0.15) is 40.6 Å². The number of anilines is 1. The number of rotatable bonds is 7. The summed E-state index contributed by atoms with van der Waals surface area (Å²) in [6.07, 6.45) is 4.19. The van der Waals surface area contributed by atoms with Gasteiger partial charge in [0.05, 0.1) is 29.4 Å². The van der Waals surface area contributed by atoms with Gasteiger partial charge in [-0.15, -0.1) is 0 Å². The Morgan fingerprint density at radius 2 is 1.54 bits per heavy atom. The molecule has 3 aromatic carbocycles. The summed E-state index contributed by atoms with van der Waals surface area (Å²) in [6.45, 7) is 2.86. The van der Waals surface area contributed by atoms with Crippen LogP contribution in [-0.4, -0.2) is 60.3 Å². The molecule has 3 N–H and O–H groups in total. The molecular formula is C31H35N5O3S2. The summed E-state index contributed by atoms with van der Waals surface area (Å²) in [5, 5.41) is 6.43. The lowest BCUT2D eigenvalue weighted by molar-refractivity contribution is 0.102. The van der Waals surface area contributed by atoms with E-state index in [1.807, 2.05) is 54.7 Å². The van der Waals surface area contributed by atoms with Crippen molar-refractivity contribution in [3.63, 3.8) is 0 Å². The lowest BCUT2D eigenvalue weighted by Gasteiger charge is -2.26. The number of H-pyrrole nitrogens is 1. The van der Waals surface area contributed by atoms with Gasteiger partial charge in [0.2, 0.25) is 0 Å². The maximum absolute atomic E-state index is 12.8. The van der Waals surface area contributed by atoms with Gasteiger partial charge in [0.25, 0.3) is 5.91 Å². The second-order valence-electron chi connectivity index (χ2n) is 10.6. The minimum atomic E-state index is -2.88. The second kappa shape index (κ2) is 12.6. The van der Waals surface area contributed by atoms with Gasteiger partial charge < -0.3 is 15.6 Å². The molecule has 2 aliphatic rings. The molecule has 0 unspecified atom stereocenters. The van der Waals surface area contributed by atoms with Gasteiger partial charge in [0.15, 0.2) is 9.84 Å². The zero-order chi connectivity index (χ0) is 27.5. The van der Waals surface area contributed by atoms with Crippen LogP contribution in [0.25, 0.3) is 22.4 Å². The SMILES string of the molecule is O=C(Nc1ccc(CN2CCS(=O)(=O)CC2)cc1)c1ccc(-c2ccc(-c3cnc([C@@H]4CCCN4)[nH]3)cc2)cc1.S. The van der Waals surface area contributed by atoms with Gasteiger partial charge in [-0.05, 0) is 65.9 Å². The van der Waals surface area contributed by atoms with Crippen molar-refractivity contribution in [2.45, 2.75) is 25.4 Å². The third-order valence-corrected chi connectivity index (χ3v) is 9.33. The van der Waals surface area contributed by atoms with E-state index in [0.717, 1.165) is 52.4 Å². The topological polar surface area (TPSA) is 107 Å². The molecule has 2 aliphatic heterocycles. The summed E-state index contributed by atoms with van der Waals surface area (Å²) >= 11 is 0. The van der Waals surface area contributed by atoms with Crippen LogP contribution in [0.5, 0.6) is 0 Å². The molecule has 0 radical (unpaired) electrons. The van der Waals surface area contributed by atoms with Crippen LogP contribution in [0.15, 0.2) is 79.0 Å². The number of nitrogens with zero attached hydrogens (tertiary/aromatic N) is 2. The van der Waals surface area contributed by atoms with Gasteiger partial charge in [-0.3, -0.25) is 9.69 Å². The number of nitrogens with one attached hydrogen (secondary N) is 3. The van der Waals surface area contributed by atoms with Crippen molar-refractivity contribution in [1.82, 2.24) is 20.2 Å². The number of amides is 1. The molecule has 6 rings (SSSR count). The van der Waals surface area contributed by atoms with Crippen molar-refractivity contribution in [3.8, 4) is 22.4 Å². The minimum Gasteiger partial charge on any atom is -0.341 e. The number of hydrogen-bond acceptors (Lipinski definition) is 6. The summed E-state index contributed by atoms with van der Waals surface area (Å²) in [5.41, 5.74) is 6.62. The maximum Gasteiger partial charge on any atom is 0.255 e. The molecule has 0 aliphatic carbocycles. The summed E-state index contributed by atoms with van der Waals surface area (Å²) in [6, 6.07) is 24.0. The summed E-state index contributed by atoms with van der Waals surface area (Å²) < 4.78 is 23.3. The average molecular weight is 590 g/mol. The Kier molecular flexibility index (Phi) is 8.94. The molecule has 0 spiro atoms. The molecular weight excluding hydrogens is 555 g/mol. The Morgan fingerprint density at radius 1 is 0.902 bits per heavy atom. The van der Waals surface area contributed by atoms with Gasteiger partial charge >= 0.3 is 0 Å². The molecule has 1 aromatic heterocycles. The highest BCUT2D eigenvalue weighted by Gasteiger charge is 2.21. The van der Waals surface area contributed by atoms with E-state index in [4.69, 9.17) is 0 Å². The van der Waals surface area contributed by atoms with Gasteiger partial charge in [0.1, 0.15) is 5.82 Å². The molecule has 0 bridgehead atoms. The first-order valence-electron chi connectivity index (χ1n) is 13.7. The maximum atomic E-state index is 12.8. The second-order valence-corrected chi connectivity index (χ2v) is 12.9. The van der Waals surface area contributed by atoms with E-state index >= 15 is 0 Å². The zero-order valence-corrected chi connectivity index (χ0v) is 24.6. The fourth-order valence-corrected chi connectivity index (χ4v) is 6.57. The van der Waals surface area contributed by atoms with Crippen LogP contribution < -0.4 is 10.6 Å². The average Bonchev–Trinajstić information content (AvgIpc) is 3.68. The highest BCUT2D eigenvalue weighted by molar-refractivity contribution is 7.91. The van der Waals surface area contributed by atoms with Crippen molar-refractivity contribution < 1.29 is 13.2 Å². The molecule has 1 amide bonds. The number of benzene rings is 3. The molecule has 41 heavy (non-hydrogen) atoms. The number of imidazole rings is 1. The lowest BCUT2D eigenvalue weighted by atomic mass is 10.0. The van der Waals surface area contributed by atoms with Crippen molar-refractivity contribution >= 4 is 34.9 Å². The number of hydrogen-bond donors (Lipinski definition) is 3. The van der Waals surface area contributed by atoms with Crippen LogP contribution in [0.2, 0.25) is 0 Å². The van der Waals surface area contributed by atoms with Gasteiger partial charge in [0, 0.05) is 30.9 Å². The van der Waals surface area contributed by atoms with E-state index < -0.39 is 9.84 Å². The van der Waals surface area contributed by atoms with Crippen LogP contribution in [0.4, 0.5) is 5.69 Å². The monoisotopic (exact) mass is 589 g/mol. The van der Waals surface area contributed by atoms with Gasteiger partial charge in [-0.2, -0.15) is 13.5 Å². The molecule has 10 heteroatoms. The van der Waals surface area contributed by atoms with E-state index in [9.17, 15) is 13.2 Å². The van der Waals surface area contributed by atoms with Crippen LogP contribution >= 0.6 is 13.5 Å². The predicted octanol–water partition coefficient (Wildman–Crippen LogP) is 4.76. The fraction of sp³-hybridized carbons (Fsp3) is 0.290. The van der Waals surface area contributed by atoms with Crippen molar-refractivity contribution in [2.75, 3.05) is 36.5 Å². The normalized spacial score (nSPS) is 18.5. The largest absolute Gasteiger partial charge is 0.341 e. The molecule has 1 atom stereocenters. The molecule has 2 fully saturated rings. The molecule has 2 saturated heterocycles. The molecule has 3 heterocycles. The van der Waals surface area contributed by atoms with E-state index in [2.05, 4.69) is 49.8 Å². The van der Waals surface area contributed by atoms with E-state index in [0.29, 0.717) is 31.2 Å². The van der Waals surface area contributed by atoms with Crippen LogP contribution in [0, 0.1) is 0 Å². The van der Waals surface area contributed by atoms with Gasteiger partial charge in [-0.1, -0.05) is 48.5 Å². The molecule has 8 nitrogen and oxygen atoms in total. The van der Waals surface area contributed by atoms with E-state index in [-0.39, 0.29) is 30.9 Å². The standard InChI is InChI=1S/C31H33N5O3S.H2S/c37-31(34-27-13-3-22(4-14-27)21-36-16-18-40(38,39)19-17-36)26-11-7-24(8-12-26)23-5-9-25(10-6-23)29-20-33-30(35-29)28-2-1-15-32-28;/h3-14,20,28,32H,1-2,15-19,21H2,(H,33,35)(H,34,37);1H2/t28-;/m0./s1.